The monoisotopic (exact) mass is 344 g/mol. The van der Waals surface area contributed by atoms with E-state index in [0.29, 0.717) is 10.2 Å². The number of carbonyl (C=O) groups excluding carboxylic acids is 1. The fourth-order valence-electron chi connectivity index (χ4n) is 1.65. The van der Waals surface area contributed by atoms with Crippen LogP contribution in [0.3, 0.4) is 0 Å². The van der Waals surface area contributed by atoms with Crippen molar-refractivity contribution in [3.8, 4) is 0 Å². The number of hydrogen-bond acceptors (Lipinski definition) is 5. The van der Waals surface area contributed by atoms with Crippen LogP contribution in [0.4, 0.5) is 5.13 Å². The van der Waals surface area contributed by atoms with Crippen molar-refractivity contribution in [2.45, 2.75) is 17.7 Å². The van der Waals surface area contributed by atoms with Crippen molar-refractivity contribution in [3.05, 3.63) is 40.9 Å². The number of nitrogens with one attached hydrogen (secondary N) is 1. The molecular weight excluding hydrogens is 332 g/mol. The van der Waals surface area contributed by atoms with Crippen molar-refractivity contribution in [1.29, 1.82) is 0 Å². The van der Waals surface area contributed by atoms with Crippen LogP contribution in [0.1, 0.15) is 12.8 Å². The Morgan fingerprint density at radius 1 is 1.29 bits per heavy atom. The topological polar surface area (TPSA) is 76.1 Å². The number of halogens is 1. The zero-order valence-electron chi connectivity index (χ0n) is 11.0. The van der Waals surface area contributed by atoms with Crippen molar-refractivity contribution < 1.29 is 13.2 Å². The van der Waals surface area contributed by atoms with E-state index in [4.69, 9.17) is 11.6 Å². The van der Waals surface area contributed by atoms with Gasteiger partial charge in [0.1, 0.15) is 0 Å². The van der Waals surface area contributed by atoms with Crippen LogP contribution in [-0.4, -0.2) is 25.1 Å². The van der Waals surface area contributed by atoms with Crippen LogP contribution in [0.5, 0.6) is 0 Å². The van der Waals surface area contributed by atoms with E-state index in [1.807, 2.05) is 0 Å². The Morgan fingerprint density at radius 3 is 2.62 bits per heavy atom. The highest BCUT2D eigenvalue weighted by atomic mass is 35.5. The maximum Gasteiger partial charge on any atom is 0.226 e. The Labute approximate surface area is 131 Å². The first-order chi connectivity index (χ1) is 9.97. The number of anilines is 1. The highest BCUT2D eigenvalue weighted by Gasteiger charge is 2.15. The van der Waals surface area contributed by atoms with Gasteiger partial charge in [0.15, 0.2) is 15.0 Å². The first-order valence-corrected chi connectivity index (χ1v) is 9.06. The third-order valence-corrected chi connectivity index (χ3v) is 5.43. The maximum absolute atomic E-state index is 12.1. The van der Waals surface area contributed by atoms with Crippen molar-refractivity contribution >= 4 is 43.8 Å². The van der Waals surface area contributed by atoms with Gasteiger partial charge in [-0.2, -0.15) is 0 Å². The number of benzene rings is 1. The molecule has 2 rings (SSSR count). The Hall–Kier alpha value is -1.44. The van der Waals surface area contributed by atoms with Crippen molar-refractivity contribution in [3.63, 3.8) is 0 Å². The maximum atomic E-state index is 12.1. The Balaban J connectivity index is 1.84. The molecule has 0 aliphatic carbocycles. The fourth-order valence-corrected chi connectivity index (χ4v) is 3.63. The van der Waals surface area contributed by atoms with Gasteiger partial charge in [0.2, 0.25) is 5.91 Å². The van der Waals surface area contributed by atoms with Crippen LogP contribution in [0, 0.1) is 0 Å². The van der Waals surface area contributed by atoms with Crippen LogP contribution in [0.15, 0.2) is 40.7 Å². The largest absolute Gasteiger partial charge is 0.302 e. The van der Waals surface area contributed by atoms with E-state index in [0.717, 1.165) is 0 Å². The number of thiazole rings is 1. The van der Waals surface area contributed by atoms with E-state index >= 15 is 0 Å². The average Bonchev–Trinajstić information content (AvgIpc) is 2.91. The lowest BCUT2D eigenvalue weighted by atomic mass is 10.3. The number of hydrogen-bond donors (Lipinski definition) is 1. The zero-order valence-corrected chi connectivity index (χ0v) is 13.3. The molecule has 0 aliphatic rings. The standard InChI is InChI=1S/C13H13ClN2O3S2/c14-10-3-5-11(6-4-10)21(18,19)9-1-2-12(17)16-13-15-7-8-20-13/h3-8H,1-2,9H2,(H,15,16,17). The molecule has 0 radical (unpaired) electrons. The third kappa shape index (κ3) is 4.80. The van der Waals surface area contributed by atoms with Gasteiger partial charge in [0.25, 0.3) is 0 Å². The summed E-state index contributed by atoms with van der Waals surface area (Å²) in [5.41, 5.74) is 0. The number of nitrogens with zero attached hydrogens (tertiary/aromatic N) is 1. The Kier molecular flexibility index (Phi) is 5.33. The molecule has 0 atom stereocenters. The summed E-state index contributed by atoms with van der Waals surface area (Å²) in [6.45, 7) is 0. The molecule has 0 bridgehead atoms. The molecule has 0 saturated carbocycles. The Bertz CT molecular complexity index is 698. The molecule has 5 nitrogen and oxygen atoms in total. The van der Waals surface area contributed by atoms with Gasteiger partial charge in [0.05, 0.1) is 10.6 Å². The second-order valence-electron chi connectivity index (χ2n) is 4.26. The highest BCUT2D eigenvalue weighted by Crippen LogP contribution is 2.17. The number of amides is 1. The summed E-state index contributed by atoms with van der Waals surface area (Å²) < 4.78 is 24.1. The predicted octanol–water partition coefficient (Wildman–Crippen LogP) is 2.99. The molecule has 1 aromatic heterocycles. The number of carbonyl (C=O) groups is 1. The summed E-state index contributed by atoms with van der Waals surface area (Å²) in [5.74, 6) is -0.323. The van der Waals surface area contributed by atoms with E-state index in [2.05, 4.69) is 10.3 Å². The average molecular weight is 345 g/mol. The molecule has 0 saturated heterocycles. The SMILES string of the molecule is O=C(CCCS(=O)(=O)c1ccc(Cl)cc1)Nc1nccs1. The minimum Gasteiger partial charge on any atom is -0.302 e. The lowest BCUT2D eigenvalue weighted by Gasteiger charge is -2.05. The van der Waals surface area contributed by atoms with Crippen LogP contribution < -0.4 is 5.32 Å². The highest BCUT2D eigenvalue weighted by molar-refractivity contribution is 7.91. The van der Waals surface area contributed by atoms with Gasteiger partial charge in [-0.05, 0) is 30.7 Å². The molecule has 21 heavy (non-hydrogen) atoms. The molecular formula is C13H13ClN2O3S2. The second kappa shape index (κ2) is 7.02. The van der Waals surface area contributed by atoms with Crippen LogP contribution in [0.2, 0.25) is 5.02 Å². The van der Waals surface area contributed by atoms with Crippen LogP contribution in [0.25, 0.3) is 0 Å². The molecule has 112 valence electrons. The molecule has 1 aromatic carbocycles. The molecule has 1 amide bonds. The molecule has 8 heteroatoms. The van der Waals surface area contributed by atoms with Crippen LogP contribution >= 0.6 is 22.9 Å². The number of rotatable bonds is 6. The van der Waals surface area contributed by atoms with Crippen molar-refractivity contribution in [1.82, 2.24) is 4.98 Å². The van der Waals surface area contributed by atoms with Crippen LogP contribution in [-0.2, 0) is 14.6 Å². The molecule has 0 fully saturated rings. The second-order valence-corrected chi connectivity index (χ2v) is 7.70. The summed E-state index contributed by atoms with van der Waals surface area (Å²) in [7, 11) is -3.39. The van der Waals surface area contributed by atoms with E-state index in [1.54, 1.807) is 11.6 Å². The third-order valence-electron chi connectivity index (χ3n) is 2.67. The Morgan fingerprint density at radius 2 is 2.00 bits per heavy atom. The van der Waals surface area contributed by atoms with Gasteiger partial charge in [-0.25, -0.2) is 13.4 Å². The fraction of sp³-hybridized carbons (Fsp3) is 0.231. The lowest BCUT2D eigenvalue weighted by molar-refractivity contribution is -0.116. The van der Waals surface area contributed by atoms with E-state index in [9.17, 15) is 13.2 Å². The molecule has 0 aliphatic heterocycles. The van der Waals surface area contributed by atoms with E-state index in [1.165, 1.54) is 35.6 Å². The van der Waals surface area contributed by atoms with Gasteiger partial charge in [-0.1, -0.05) is 11.6 Å². The van der Waals surface area contributed by atoms with Crippen molar-refractivity contribution in [2.75, 3.05) is 11.1 Å². The minimum atomic E-state index is -3.39. The van der Waals surface area contributed by atoms with Crippen molar-refractivity contribution in [2.24, 2.45) is 0 Å². The summed E-state index contributed by atoms with van der Waals surface area (Å²) in [4.78, 5) is 15.8. The van der Waals surface area contributed by atoms with Gasteiger partial charge in [-0.3, -0.25) is 4.79 Å². The summed E-state index contributed by atoms with van der Waals surface area (Å²) >= 11 is 7.04. The van der Waals surface area contributed by atoms with Gasteiger partial charge in [-0.15, -0.1) is 11.3 Å². The van der Waals surface area contributed by atoms with E-state index < -0.39 is 9.84 Å². The molecule has 2 aromatic rings. The number of aromatic nitrogens is 1. The normalized spacial score (nSPS) is 11.3. The molecule has 0 spiro atoms. The zero-order chi connectivity index (χ0) is 15.3. The molecule has 1 heterocycles. The van der Waals surface area contributed by atoms with Gasteiger partial charge < -0.3 is 5.32 Å². The van der Waals surface area contributed by atoms with E-state index in [-0.39, 0.29) is 29.4 Å². The summed E-state index contributed by atoms with van der Waals surface area (Å²) in [5, 5.41) is 5.36. The smallest absolute Gasteiger partial charge is 0.226 e. The quantitative estimate of drug-likeness (QED) is 0.874. The minimum absolute atomic E-state index is 0.0834. The van der Waals surface area contributed by atoms with Gasteiger partial charge in [0, 0.05) is 23.0 Å². The molecule has 1 N–H and O–H groups in total. The number of sulfone groups is 1. The summed E-state index contributed by atoms with van der Waals surface area (Å²) in [6, 6.07) is 5.99. The summed E-state index contributed by atoms with van der Waals surface area (Å²) in [6.07, 6.45) is 1.97. The lowest BCUT2D eigenvalue weighted by Crippen LogP contribution is -2.14. The first-order valence-electron chi connectivity index (χ1n) is 6.15. The molecule has 0 unspecified atom stereocenters. The first kappa shape index (κ1) is 15.9. The predicted molar refractivity (Wildman–Crippen MR) is 83.5 cm³/mol. The van der Waals surface area contributed by atoms with Gasteiger partial charge >= 0.3 is 0 Å².